The van der Waals surface area contributed by atoms with Crippen molar-refractivity contribution in [3.05, 3.63) is 40.6 Å². The van der Waals surface area contributed by atoms with E-state index >= 15 is 0 Å². The van der Waals surface area contributed by atoms with Crippen LogP contribution in [0.2, 0.25) is 0 Å². The maximum Gasteiger partial charge on any atom is 0.200 e. The van der Waals surface area contributed by atoms with Gasteiger partial charge in [0.25, 0.3) is 0 Å². The lowest BCUT2D eigenvalue weighted by molar-refractivity contribution is 0.340. The first-order valence-corrected chi connectivity index (χ1v) is 7.28. The molecule has 0 amide bonds. The molecular formula is C18H16O7. The third-order valence-electron chi connectivity index (χ3n) is 3.76. The summed E-state index contributed by atoms with van der Waals surface area (Å²) < 4.78 is 21.1. The Morgan fingerprint density at radius 2 is 1.44 bits per heavy atom. The van der Waals surface area contributed by atoms with Crippen molar-refractivity contribution >= 4 is 11.0 Å². The number of methoxy groups -OCH3 is 3. The van der Waals surface area contributed by atoms with E-state index in [0.29, 0.717) is 5.56 Å². The summed E-state index contributed by atoms with van der Waals surface area (Å²) in [5.74, 6) is 0.538. The highest BCUT2D eigenvalue weighted by Crippen LogP contribution is 2.41. The van der Waals surface area contributed by atoms with Crippen LogP contribution in [0, 0.1) is 0 Å². The maximum atomic E-state index is 12.5. The third-order valence-corrected chi connectivity index (χ3v) is 3.76. The zero-order valence-electron chi connectivity index (χ0n) is 13.8. The Morgan fingerprint density at radius 3 is 2.00 bits per heavy atom. The summed E-state index contributed by atoms with van der Waals surface area (Å²) in [4.78, 5) is 12.5. The van der Waals surface area contributed by atoms with E-state index in [1.807, 2.05) is 0 Å². The van der Waals surface area contributed by atoms with Gasteiger partial charge in [-0.25, -0.2) is 0 Å². The number of hydrogen-bond acceptors (Lipinski definition) is 7. The van der Waals surface area contributed by atoms with E-state index < -0.39 is 0 Å². The van der Waals surface area contributed by atoms with Gasteiger partial charge < -0.3 is 28.8 Å². The summed E-state index contributed by atoms with van der Waals surface area (Å²) in [7, 11) is 4.20. The van der Waals surface area contributed by atoms with Gasteiger partial charge >= 0.3 is 0 Å². The fourth-order valence-corrected chi connectivity index (χ4v) is 2.58. The number of fused-ring (bicyclic) bond motifs is 1. The molecule has 0 saturated heterocycles. The van der Waals surface area contributed by atoms with E-state index in [4.69, 9.17) is 18.6 Å². The smallest absolute Gasteiger partial charge is 0.200 e. The third kappa shape index (κ3) is 2.80. The van der Waals surface area contributed by atoms with Crippen molar-refractivity contribution in [2.24, 2.45) is 0 Å². The molecule has 2 aromatic carbocycles. The lowest BCUT2D eigenvalue weighted by atomic mass is 10.1. The van der Waals surface area contributed by atoms with Crippen LogP contribution < -0.4 is 19.6 Å². The van der Waals surface area contributed by atoms with Crippen LogP contribution in [0.4, 0.5) is 0 Å². The first-order valence-electron chi connectivity index (χ1n) is 7.28. The quantitative estimate of drug-likeness (QED) is 0.751. The summed E-state index contributed by atoms with van der Waals surface area (Å²) in [6.45, 7) is 0. The average molecular weight is 344 g/mol. The van der Waals surface area contributed by atoms with Crippen molar-refractivity contribution in [3.8, 4) is 40.1 Å². The van der Waals surface area contributed by atoms with E-state index in [9.17, 15) is 15.0 Å². The van der Waals surface area contributed by atoms with Gasteiger partial charge in [-0.2, -0.15) is 0 Å². The fraction of sp³-hybridized carbons (Fsp3) is 0.167. The van der Waals surface area contributed by atoms with Gasteiger partial charge in [-0.1, -0.05) is 0 Å². The molecule has 0 spiro atoms. The van der Waals surface area contributed by atoms with Gasteiger partial charge in [0.05, 0.1) is 21.3 Å². The topological polar surface area (TPSA) is 98.4 Å². The van der Waals surface area contributed by atoms with Crippen LogP contribution in [0.15, 0.2) is 39.5 Å². The monoisotopic (exact) mass is 344 g/mol. The molecule has 0 aliphatic heterocycles. The van der Waals surface area contributed by atoms with Crippen LogP contribution >= 0.6 is 0 Å². The van der Waals surface area contributed by atoms with Crippen molar-refractivity contribution in [2.75, 3.05) is 21.3 Å². The van der Waals surface area contributed by atoms with Crippen LogP contribution in [0.5, 0.6) is 28.7 Å². The van der Waals surface area contributed by atoms with Gasteiger partial charge in [0.2, 0.25) is 5.75 Å². The summed E-state index contributed by atoms with van der Waals surface area (Å²) in [6.07, 6.45) is 0. The molecule has 0 bridgehead atoms. The second kappa shape index (κ2) is 6.27. The van der Waals surface area contributed by atoms with E-state index in [1.165, 1.54) is 51.7 Å². The second-order valence-electron chi connectivity index (χ2n) is 5.23. The molecule has 0 saturated carbocycles. The Labute approximate surface area is 142 Å². The number of benzene rings is 2. The van der Waals surface area contributed by atoms with E-state index in [0.717, 1.165) is 0 Å². The lowest BCUT2D eigenvalue weighted by Gasteiger charge is -2.12. The summed E-state index contributed by atoms with van der Waals surface area (Å²) in [5.41, 5.74) is 0.303. The molecule has 130 valence electrons. The molecule has 0 aliphatic carbocycles. The first-order chi connectivity index (χ1) is 12.0. The Morgan fingerprint density at radius 1 is 0.840 bits per heavy atom. The van der Waals surface area contributed by atoms with Gasteiger partial charge in [0, 0.05) is 23.8 Å². The minimum atomic E-state index is -0.334. The highest BCUT2D eigenvalue weighted by molar-refractivity contribution is 5.86. The zero-order valence-corrected chi connectivity index (χ0v) is 13.8. The van der Waals surface area contributed by atoms with Crippen molar-refractivity contribution < 1.29 is 28.8 Å². The number of phenolic OH excluding ortho intramolecular Hbond substituents is 2. The summed E-state index contributed by atoms with van der Waals surface area (Å²) in [5, 5.41) is 20.0. The molecule has 0 atom stereocenters. The van der Waals surface area contributed by atoms with E-state index in [1.54, 1.807) is 0 Å². The molecule has 0 radical (unpaired) electrons. The zero-order chi connectivity index (χ0) is 18.1. The number of aromatic hydroxyl groups is 2. The first kappa shape index (κ1) is 16.5. The van der Waals surface area contributed by atoms with Gasteiger partial charge in [0.1, 0.15) is 28.2 Å². The minimum absolute atomic E-state index is 0.0921. The molecule has 1 aromatic heterocycles. The Bertz CT molecular complexity index is 979. The van der Waals surface area contributed by atoms with Crippen LogP contribution in [0.25, 0.3) is 22.3 Å². The largest absolute Gasteiger partial charge is 0.508 e. The predicted octanol–water partition coefficient (Wildman–Crippen LogP) is 2.90. The molecule has 2 N–H and O–H groups in total. The second-order valence-corrected chi connectivity index (χ2v) is 5.23. The van der Waals surface area contributed by atoms with Crippen molar-refractivity contribution in [1.29, 1.82) is 0 Å². The van der Waals surface area contributed by atoms with Crippen LogP contribution in [0.3, 0.4) is 0 Å². The highest BCUT2D eigenvalue weighted by Gasteiger charge is 2.17. The summed E-state index contributed by atoms with van der Waals surface area (Å²) >= 11 is 0. The average Bonchev–Trinajstić information content (AvgIpc) is 2.60. The predicted molar refractivity (Wildman–Crippen MR) is 90.9 cm³/mol. The molecule has 25 heavy (non-hydrogen) atoms. The number of hydrogen-bond donors (Lipinski definition) is 2. The van der Waals surface area contributed by atoms with E-state index in [-0.39, 0.29) is 50.9 Å². The molecule has 0 aliphatic rings. The van der Waals surface area contributed by atoms with Gasteiger partial charge in [0.15, 0.2) is 16.9 Å². The molecule has 0 unspecified atom stereocenters. The Balaban J connectivity index is 2.29. The molecule has 7 heteroatoms. The molecule has 3 aromatic rings. The number of rotatable bonds is 4. The standard InChI is InChI=1S/C18H16O7/c1-22-13-6-10(19)7-14-17(13)11(20)8-12(25-14)9-4-15(23-2)18(21)16(5-9)24-3/h4-8,19,21H,1-3H3. The van der Waals surface area contributed by atoms with Crippen molar-refractivity contribution in [2.45, 2.75) is 0 Å². The molecular weight excluding hydrogens is 328 g/mol. The molecule has 1 heterocycles. The van der Waals surface area contributed by atoms with Gasteiger partial charge in [-0.3, -0.25) is 4.79 Å². The Hall–Kier alpha value is -3.35. The van der Waals surface area contributed by atoms with Gasteiger partial charge in [-0.15, -0.1) is 0 Å². The SMILES string of the molecule is COc1cc(-c2cc(=O)c3c(OC)cc(O)cc3o2)cc(OC)c1O. The lowest BCUT2D eigenvalue weighted by Crippen LogP contribution is -2.03. The van der Waals surface area contributed by atoms with Crippen LogP contribution in [-0.2, 0) is 0 Å². The van der Waals surface area contributed by atoms with Crippen molar-refractivity contribution in [3.63, 3.8) is 0 Å². The number of ether oxygens (including phenoxy) is 3. The highest BCUT2D eigenvalue weighted by atomic mass is 16.5. The van der Waals surface area contributed by atoms with E-state index in [2.05, 4.69) is 0 Å². The maximum absolute atomic E-state index is 12.5. The van der Waals surface area contributed by atoms with Gasteiger partial charge in [-0.05, 0) is 12.1 Å². The van der Waals surface area contributed by atoms with Crippen LogP contribution in [-0.4, -0.2) is 31.5 Å². The number of phenols is 2. The van der Waals surface area contributed by atoms with Crippen LogP contribution in [0.1, 0.15) is 0 Å². The molecule has 7 nitrogen and oxygen atoms in total. The summed E-state index contributed by atoms with van der Waals surface area (Å²) in [6, 6.07) is 7.00. The van der Waals surface area contributed by atoms with Crippen molar-refractivity contribution in [1.82, 2.24) is 0 Å². The fourth-order valence-electron chi connectivity index (χ4n) is 2.58. The minimum Gasteiger partial charge on any atom is -0.508 e. The molecule has 0 fully saturated rings. The molecule has 3 rings (SSSR count). The Kier molecular flexibility index (Phi) is 4.14. The normalized spacial score (nSPS) is 10.7.